The van der Waals surface area contributed by atoms with E-state index < -0.39 is 9.84 Å². The Morgan fingerprint density at radius 3 is 2.32 bits per heavy atom. The first kappa shape index (κ1) is 12.9. The molecule has 3 rings (SSSR count). The van der Waals surface area contributed by atoms with Crippen molar-refractivity contribution in [3.05, 3.63) is 35.9 Å². The molecule has 0 heterocycles. The second-order valence-electron chi connectivity index (χ2n) is 5.67. The first-order valence-electron chi connectivity index (χ1n) is 6.70. The van der Waals surface area contributed by atoms with Gasteiger partial charge in [0.2, 0.25) is 0 Å². The van der Waals surface area contributed by atoms with Crippen LogP contribution in [0.3, 0.4) is 0 Å². The maximum atomic E-state index is 12.0. The molecule has 1 aromatic rings. The molecule has 0 aromatic heterocycles. The van der Waals surface area contributed by atoms with E-state index in [4.69, 9.17) is 0 Å². The van der Waals surface area contributed by atoms with Crippen molar-refractivity contribution in [1.82, 2.24) is 0 Å². The zero-order valence-corrected chi connectivity index (χ0v) is 11.6. The van der Waals surface area contributed by atoms with Gasteiger partial charge in [0.1, 0.15) is 0 Å². The van der Waals surface area contributed by atoms with Crippen molar-refractivity contribution in [2.75, 3.05) is 6.61 Å². The molecule has 1 N–H and O–H groups in total. The third-order valence-electron chi connectivity index (χ3n) is 4.01. The maximum Gasteiger partial charge on any atom is 0.181 e. The fourth-order valence-corrected chi connectivity index (χ4v) is 3.81. The number of rotatable bonds is 5. The van der Waals surface area contributed by atoms with Gasteiger partial charge in [0.25, 0.3) is 0 Å². The summed E-state index contributed by atoms with van der Waals surface area (Å²) in [6.07, 6.45) is 7.67. The Bertz CT molecular complexity index is 591. The van der Waals surface area contributed by atoms with Crippen molar-refractivity contribution < 1.29 is 13.5 Å². The molecule has 0 bridgehead atoms. The monoisotopic (exact) mass is 278 g/mol. The van der Waals surface area contributed by atoms with Gasteiger partial charge in [-0.1, -0.05) is 24.3 Å². The molecule has 0 atom stereocenters. The highest BCUT2D eigenvalue weighted by Crippen LogP contribution is 2.46. The highest BCUT2D eigenvalue weighted by Gasteiger charge is 2.39. The van der Waals surface area contributed by atoms with E-state index in [1.807, 2.05) is 24.3 Å². The first-order chi connectivity index (χ1) is 9.06. The van der Waals surface area contributed by atoms with Crippen LogP contribution in [0.5, 0.6) is 0 Å². The van der Waals surface area contributed by atoms with Gasteiger partial charge in [-0.3, -0.25) is 0 Å². The van der Waals surface area contributed by atoms with Crippen molar-refractivity contribution in [2.24, 2.45) is 5.41 Å². The fraction of sp³-hybridized carbons (Fsp3) is 0.467. The summed E-state index contributed by atoms with van der Waals surface area (Å²) in [5.74, 6) is 0. The van der Waals surface area contributed by atoms with Crippen LogP contribution in [0.15, 0.2) is 35.2 Å². The lowest BCUT2D eigenvalue weighted by Gasteiger charge is -2.05. The molecule has 0 aliphatic heterocycles. The van der Waals surface area contributed by atoms with Crippen LogP contribution in [-0.2, 0) is 9.84 Å². The quantitative estimate of drug-likeness (QED) is 0.900. The standard InChI is InChI=1S/C15H18O3S/c16-11-15(9-10-15)8-7-12-1-3-13(4-2-12)19(17,18)14-5-6-14/h1-4,7-8,14,16H,5-6,9-11H2/b8-7+. The van der Waals surface area contributed by atoms with Crippen molar-refractivity contribution in [1.29, 1.82) is 0 Å². The van der Waals surface area contributed by atoms with Gasteiger partial charge in [-0.2, -0.15) is 0 Å². The minimum atomic E-state index is -3.08. The van der Waals surface area contributed by atoms with Gasteiger partial charge in [-0.15, -0.1) is 0 Å². The molecule has 0 radical (unpaired) electrons. The second-order valence-corrected chi connectivity index (χ2v) is 7.90. The van der Waals surface area contributed by atoms with Gasteiger partial charge < -0.3 is 5.11 Å². The molecule has 2 saturated carbocycles. The Balaban J connectivity index is 1.76. The Morgan fingerprint density at radius 1 is 1.21 bits per heavy atom. The highest BCUT2D eigenvalue weighted by molar-refractivity contribution is 7.92. The number of hydrogen-bond acceptors (Lipinski definition) is 3. The third kappa shape index (κ3) is 2.60. The summed E-state index contributed by atoms with van der Waals surface area (Å²) in [6.45, 7) is 0.192. The molecular weight excluding hydrogens is 260 g/mol. The zero-order valence-electron chi connectivity index (χ0n) is 10.7. The number of aliphatic hydroxyl groups excluding tert-OH is 1. The van der Waals surface area contributed by atoms with Crippen LogP contribution >= 0.6 is 0 Å². The van der Waals surface area contributed by atoms with Gasteiger partial charge in [-0.25, -0.2) is 8.42 Å². The lowest BCUT2D eigenvalue weighted by atomic mass is 10.1. The summed E-state index contributed by atoms with van der Waals surface area (Å²) in [4.78, 5) is 0.426. The average molecular weight is 278 g/mol. The summed E-state index contributed by atoms with van der Waals surface area (Å²) < 4.78 is 24.1. The summed E-state index contributed by atoms with van der Waals surface area (Å²) in [5, 5.41) is 9.07. The predicted molar refractivity (Wildman–Crippen MR) is 74.4 cm³/mol. The normalized spacial score (nSPS) is 21.7. The van der Waals surface area contributed by atoms with Crippen LogP contribution in [0.1, 0.15) is 31.2 Å². The lowest BCUT2D eigenvalue weighted by Crippen LogP contribution is -2.06. The number of hydrogen-bond donors (Lipinski definition) is 1. The summed E-state index contributed by atoms with van der Waals surface area (Å²) in [5.41, 5.74) is 0.966. The van der Waals surface area contributed by atoms with Crippen molar-refractivity contribution in [3.63, 3.8) is 0 Å². The minimum absolute atomic E-state index is 0.0151. The van der Waals surface area contributed by atoms with Crippen LogP contribution in [0.4, 0.5) is 0 Å². The Morgan fingerprint density at radius 2 is 1.84 bits per heavy atom. The second kappa shape index (κ2) is 4.46. The highest BCUT2D eigenvalue weighted by atomic mass is 32.2. The van der Waals surface area contributed by atoms with Crippen LogP contribution in [0.2, 0.25) is 0 Å². The van der Waals surface area contributed by atoms with Gasteiger partial charge >= 0.3 is 0 Å². The molecule has 0 amide bonds. The molecule has 102 valence electrons. The van der Waals surface area contributed by atoms with Gasteiger partial charge in [0.15, 0.2) is 9.84 Å². The molecule has 0 saturated heterocycles. The van der Waals surface area contributed by atoms with E-state index >= 15 is 0 Å². The molecule has 2 aliphatic carbocycles. The number of sulfone groups is 1. The Hall–Kier alpha value is -1.13. The lowest BCUT2D eigenvalue weighted by molar-refractivity contribution is 0.242. The van der Waals surface area contributed by atoms with Gasteiger partial charge in [0.05, 0.1) is 16.8 Å². The third-order valence-corrected chi connectivity index (χ3v) is 6.29. The van der Waals surface area contributed by atoms with Crippen LogP contribution < -0.4 is 0 Å². The summed E-state index contributed by atoms with van der Waals surface area (Å²) >= 11 is 0. The maximum absolute atomic E-state index is 12.0. The van der Waals surface area contributed by atoms with E-state index in [0.717, 1.165) is 31.2 Å². The molecule has 19 heavy (non-hydrogen) atoms. The number of aliphatic hydroxyl groups is 1. The van der Waals surface area contributed by atoms with E-state index in [9.17, 15) is 13.5 Å². The van der Waals surface area contributed by atoms with E-state index in [1.54, 1.807) is 12.1 Å². The van der Waals surface area contributed by atoms with Crippen molar-refractivity contribution >= 4 is 15.9 Å². The molecule has 4 heteroatoms. The van der Waals surface area contributed by atoms with Crippen LogP contribution in [-0.4, -0.2) is 25.4 Å². The molecule has 3 nitrogen and oxygen atoms in total. The topological polar surface area (TPSA) is 54.4 Å². The summed E-state index contributed by atoms with van der Waals surface area (Å²) in [6, 6.07) is 7.04. The van der Waals surface area contributed by atoms with Gasteiger partial charge in [-0.05, 0) is 43.4 Å². The summed E-state index contributed by atoms with van der Waals surface area (Å²) in [7, 11) is -3.08. The molecule has 2 aliphatic rings. The van der Waals surface area contributed by atoms with Gasteiger partial charge in [0, 0.05) is 5.41 Å². The molecule has 2 fully saturated rings. The van der Waals surface area contributed by atoms with Crippen LogP contribution in [0.25, 0.3) is 6.08 Å². The smallest absolute Gasteiger partial charge is 0.181 e. The predicted octanol–water partition coefficient (Wildman–Crippen LogP) is 2.41. The molecule has 0 spiro atoms. The minimum Gasteiger partial charge on any atom is -0.395 e. The average Bonchev–Trinajstić information content (AvgIpc) is 3.30. The number of benzene rings is 1. The zero-order chi connectivity index (χ0) is 13.5. The van der Waals surface area contributed by atoms with E-state index in [0.29, 0.717) is 4.90 Å². The molecule has 1 aromatic carbocycles. The van der Waals surface area contributed by atoms with Crippen molar-refractivity contribution in [2.45, 2.75) is 35.8 Å². The Labute approximate surface area is 113 Å². The fourth-order valence-electron chi connectivity index (χ4n) is 2.15. The van der Waals surface area contributed by atoms with E-state index in [2.05, 4.69) is 0 Å². The van der Waals surface area contributed by atoms with E-state index in [-0.39, 0.29) is 17.3 Å². The van der Waals surface area contributed by atoms with E-state index in [1.165, 1.54) is 0 Å². The molecular formula is C15H18O3S. The first-order valence-corrected chi connectivity index (χ1v) is 8.24. The molecule has 0 unspecified atom stereocenters. The largest absolute Gasteiger partial charge is 0.395 e. The van der Waals surface area contributed by atoms with Crippen molar-refractivity contribution in [3.8, 4) is 0 Å². The Kier molecular flexibility index (Phi) is 3.02. The SMILES string of the molecule is O=S(=O)(c1ccc(/C=C/C2(CO)CC2)cc1)C1CC1. The van der Waals surface area contributed by atoms with Crippen LogP contribution in [0, 0.1) is 5.41 Å².